The van der Waals surface area contributed by atoms with Gasteiger partial charge < -0.3 is 20.8 Å². The molecular weight excluding hydrogens is 233 g/mol. The number of hydrogen-bond donors (Lipinski definition) is 4. The number of hydrogen-bond acceptors (Lipinski definition) is 4. The minimum Gasteiger partial charge on any atom is -0.481 e. The Morgan fingerprint density at radius 1 is 1.44 bits per heavy atom. The van der Waals surface area contributed by atoms with Gasteiger partial charge in [-0.1, -0.05) is 6.42 Å². The van der Waals surface area contributed by atoms with Crippen molar-refractivity contribution in [1.82, 2.24) is 0 Å². The van der Waals surface area contributed by atoms with E-state index in [0.717, 1.165) is 0 Å². The topological polar surface area (TPSA) is 121 Å². The maximum atomic E-state index is 11.6. The quantitative estimate of drug-likeness (QED) is 0.367. The second kappa shape index (κ2) is 7.01. The van der Waals surface area contributed by atoms with Gasteiger partial charge in [-0.05, 0) is 19.8 Å². The van der Waals surface area contributed by atoms with Crippen LogP contribution in [0.1, 0.15) is 26.2 Å². The van der Waals surface area contributed by atoms with E-state index < -0.39 is 25.0 Å². The molecule has 7 heteroatoms. The SMILES string of the molecule is CC(N)P(=O)(O)CC(CCCCO)C(=O)O. The van der Waals surface area contributed by atoms with E-state index in [1.165, 1.54) is 6.92 Å². The third-order valence-electron chi connectivity index (χ3n) is 2.43. The smallest absolute Gasteiger partial charge is 0.307 e. The van der Waals surface area contributed by atoms with Crippen LogP contribution in [0.2, 0.25) is 0 Å². The van der Waals surface area contributed by atoms with Crippen LogP contribution in [0, 0.1) is 5.92 Å². The van der Waals surface area contributed by atoms with Crippen molar-refractivity contribution in [3.05, 3.63) is 0 Å². The number of carboxylic acids is 1. The lowest BCUT2D eigenvalue weighted by molar-refractivity contribution is -0.141. The van der Waals surface area contributed by atoms with Crippen LogP contribution in [0.4, 0.5) is 0 Å². The minimum absolute atomic E-state index is 0.00356. The second-order valence-electron chi connectivity index (χ2n) is 3.93. The molecule has 0 aliphatic heterocycles. The van der Waals surface area contributed by atoms with Crippen molar-refractivity contribution in [3.63, 3.8) is 0 Å². The monoisotopic (exact) mass is 253 g/mol. The molecule has 0 aromatic rings. The van der Waals surface area contributed by atoms with E-state index in [0.29, 0.717) is 12.8 Å². The molecule has 3 atom stereocenters. The molecule has 96 valence electrons. The zero-order valence-corrected chi connectivity index (χ0v) is 10.3. The van der Waals surface area contributed by atoms with Gasteiger partial charge in [0, 0.05) is 12.8 Å². The Balaban J connectivity index is 4.34. The molecule has 0 saturated carbocycles. The Morgan fingerprint density at radius 2 is 2.00 bits per heavy atom. The molecule has 0 aliphatic rings. The summed E-state index contributed by atoms with van der Waals surface area (Å²) in [5.41, 5.74) is 5.33. The molecule has 0 fully saturated rings. The fourth-order valence-electron chi connectivity index (χ4n) is 1.28. The van der Waals surface area contributed by atoms with Gasteiger partial charge in [0.25, 0.3) is 0 Å². The van der Waals surface area contributed by atoms with E-state index in [1.807, 2.05) is 0 Å². The number of aliphatic carboxylic acids is 1. The van der Waals surface area contributed by atoms with E-state index >= 15 is 0 Å². The highest BCUT2D eigenvalue weighted by Crippen LogP contribution is 2.46. The maximum absolute atomic E-state index is 11.6. The van der Waals surface area contributed by atoms with Gasteiger partial charge in [-0.2, -0.15) is 0 Å². The predicted octanol–water partition coefficient (Wildman–Crippen LogP) is 0.425. The van der Waals surface area contributed by atoms with Crippen LogP contribution >= 0.6 is 7.37 Å². The number of aliphatic hydroxyl groups is 1. The van der Waals surface area contributed by atoms with Gasteiger partial charge in [0.15, 0.2) is 0 Å². The third kappa shape index (κ3) is 5.61. The first-order valence-corrected chi connectivity index (χ1v) is 7.13. The van der Waals surface area contributed by atoms with Crippen LogP contribution in [-0.4, -0.2) is 39.6 Å². The maximum Gasteiger partial charge on any atom is 0.307 e. The summed E-state index contributed by atoms with van der Waals surface area (Å²) in [4.78, 5) is 20.3. The summed E-state index contributed by atoms with van der Waals surface area (Å²) in [5.74, 6) is -2.87. The molecule has 0 aromatic heterocycles. The number of unbranched alkanes of at least 4 members (excludes halogenated alkanes) is 1. The van der Waals surface area contributed by atoms with E-state index in [1.54, 1.807) is 0 Å². The highest BCUT2D eigenvalue weighted by atomic mass is 31.2. The molecule has 0 bridgehead atoms. The first-order valence-electron chi connectivity index (χ1n) is 5.22. The molecule has 0 saturated heterocycles. The lowest BCUT2D eigenvalue weighted by Crippen LogP contribution is -2.24. The highest BCUT2D eigenvalue weighted by molar-refractivity contribution is 7.58. The molecule has 3 unspecified atom stereocenters. The van der Waals surface area contributed by atoms with Gasteiger partial charge in [-0.25, -0.2) is 0 Å². The van der Waals surface area contributed by atoms with E-state index in [4.69, 9.17) is 15.9 Å². The van der Waals surface area contributed by atoms with Crippen molar-refractivity contribution in [2.24, 2.45) is 11.7 Å². The number of carboxylic acid groups (broad SMARTS) is 1. The molecular formula is C9H20NO5P. The van der Waals surface area contributed by atoms with Crippen LogP contribution < -0.4 is 5.73 Å². The Bertz CT molecular complexity index is 269. The number of rotatable bonds is 8. The molecule has 0 radical (unpaired) electrons. The molecule has 6 nitrogen and oxygen atoms in total. The van der Waals surface area contributed by atoms with Crippen LogP contribution in [0.3, 0.4) is 0 Å². The van der Waals surface area contributed by atoms with Crippen molar-refractivity contribution in [2.45, 2.75) is 32.0 Å². The average molecular weight is 253 g/mol. The molecule has 0 amide bonds. The van der Waals surface area contributed by atoms with Crippen molar-refractivity contribution in [3.8, 4) is 0 Å². The predicted molar refractivity (Wildman–Crippen MR) is 60.4 cm³/mol. The zero-order chi connectivity index (χ0) is 12.8. The largest absolute Gasteiger partial charge is 0.481 e. The summed E-state index contributed by atoms with van der Waals surface area (Å²) in [6.45, 7) is 1.39. The molecule has 0 spiro atoms. The molecule has 0 aromatic carbocycles. The van der Waals surface area contributed by atoms with Crippen LogP contribution in [0.25, 0.3) is 0 Å². The fraction of sp³-hybridized carbons (Fsp3) is 0.889. The molecule has 16 heavy (non-hydrogen) atoms. The Labute approximate surface area is 94.9 Å². The standard InChI is InChI=1S/C9H20NO5P/c1-7(10)16(14,15)6-8(9(12)13)4-2-3-5-11/h7-8,11H,2-6,10H2,1H3,(H,12,13)(H,14,15). The average Bonchev–Trinajstić information content (AvgIpc) is 2.16. The first-order chi connectivity index (χ1) is 7.31. The van der Waals surface area contributed by atoms with E-state index in [-0.39, 0.29) is 19.2 Å². The molecule has 5 N–H and O–H groups in total. The van der Waals surface area contributed by atoms with Crippen LogP contribution in [0.5, 0.6) is 0 Å². The van der Waals surface area contributed by atoms with Gasteiger partial charge in [0.05, 0.1) is 11.7 Å². The van der Waals surface area contributed by atoms with E-state index in [2.05, 4.69) is 0 Å². The lowest BCUT2D eigenvalue weighted by atomic mass is 10.0. The van der Waals surface area contributed by atoms with Gasteiger partial charge in [-0.15, -0.1) is 0 Å². The summed E-state index contributed by atoms with van der Waals surface area (Å²) >= 11 is 0. The highest BCUT2D eigenvalue weighted by Gasteiger charge is 2.31. The van der Waals surface area contributed by atoms with Crippen molar-refractivity contribution < 1.29 is 24.5 Å². The normalized spacial score (nSPS) is 18.8. The molecule has 0 aliphatic carbocycles. The second-order valence-corrected chi connectivity index (χ2v) is 6.62. The summed E-state index contributed by atoms with van der Waals surface area (Å²) in [7, 11) is -3.59. The van der Waals surface area contributed by atoms with Crippen molar-refractivity contribution in [1.29, 1.82) is 0 Å². The van der Waals surface area contributed by atoms with Crippen molar-refractivity contribution in [2.75, 3.05) is 12.8 Å². The Hall–Kier alpha value is -0.420. The van der Waals surface area contributed by atoms with Crippen LogP contribution in [0.15, 0.2) is 0 Å². The Morgan fingerprint density at radius 3 is 2.38 bits per heavy atom. The summed E-state index contributed by atoms with van der Waals surface area (Å²) < 4.78 is 11.6. The van der Waals surface area contributed by atoms with Gasteiger partial charge in [-0.3, -0.25) is 9.36 Å². The van der Waals surface area contributed by atoms with Gasteiger partial charge in [0.2, 0.25) is 7.37 Å². The molecule has 0 heterocycles. The number of carbonyl (C=O) groups is 1. The van der Waals surface area contributed by atoms with E-state index in [9.17, 15) is 14.3 Å². The van der Waals surface area contributed by atoms with Crippen LogP contribution in [-0.2, 0) is 9.36 Å². The minimum atomic E-state index is -3.59. The molecule has 0 rings (SSSR count). The van der Waals surface area contributed by atoms with Gasteiger partial charge >= 0.3 is 5.97 Å². The zero-order valence-electron chi connectivity index (χ0n) is 9.37. The summed E-state index contributed by atoms with van der Waals surface area (Å²) in [6.07, 6.45) is 1.00. The summed E-state index contributed by atoms with van der Waals surface area (Å²) in [6, 6.07) is 0. The van der Waals surface area contributed by atoms with Crippen molar-refractivity contribution >= 4 is 13.3 Å². The number of aliphatic hydroxyl groups excluding tert-OH is 1. The fourth-order valence-corrected chi connectivity index (χ4v) is 2.58. The third-order valence-corrected chi connectivity index (χ3v) is 4.67. The summed E-state index contributed by atoms with van der Waals surface area (Å²) in [5, 5.41) is 17.4. The van der Waals surface area contributed by atoms with Gasteiger partial charge in [0.1, 0.15) is 0 Å². The first kappa shape index (κ1) is 15.6. The Kier molecular flexibility index (Phi) is 6.83. The lowest BCUT2D eigenvalue weighted by Gasteiger charge is -2.19. The number of nitrogens with two attached hydrogens (primary N) is 1.